The first-order chi connectivity index (χ1) is 6.68. The number of hydrogen-bond donors (Lipinski definition) is 3. The molecular formula is C10H12N2O2. The van der Waals surface area contributed by atoms with Crippen molar-refractivity contribution in [2.24, 2.45) is 0 Å². The Balaban J connectivity index is 2.33. The maximum absolute atomic E-state index is 10.6. The van der Waals surface area contributed by atoms with Crippen molar-refractivity contribution in [1.82, 2.24) is 0 Å². The van der Waals surface area contributed by atoms with E-state index in [1.54, 1.807) is 6.07 Å². The fourth-order valence-electron chi connectivity index (χ4n) is 1.91. The zero-order valence-electron chi connectivity index (χ0n) is 7.66. The summed E-state index contributed by atoms with van der Waals surface area (Å²) in [6.07, 6.45) is 0.133. The highest BCUT2D eigenvalue weighted by Crippen LogP contribution is 2.37. The predicted octanol–water partition coefficient (Wildman–Crippen LogP) is 1.25. The third-order valence-corrected chi connectivity index (χ3v) is 2.51. The molecule has 0 amide bonds. The Bertz CT molecular complexity index is 376. The molecule has 0 spiro atoms. The van der Waals surface area contributed by atoms with Crippen LogP contribution in [0.5, 0.6) is 0 Å². The van der Waals surface area contributed by atoms with Crippen LogP contribution in [0.2, 0.25) is 0 Å². The van der Waals surface area contributed by atoms with E-state index in [-0.39, 0.29) is 12.3 Å². The van der Waals surface area contributed by atoms with Gasteiger partial charge in [-0.25, -0.2) is 0 Å². The number of nitrogens with one attached hydrogen (secondary N) is 1. The van der Waals surface area contributed by atoms with Crippen LogP contribution in [-0.4, -0.2) is 17.6 Å². The van der Waals surface area contributed by atoms with Crippen LogP contribution in [0.25, 0.3) is 0 Å². The number of carbonyl (C=O) groups is 1. The van der Waals surface area contributed by atoms with Gasteiger partial charge >= 0.3 is 5.97 Å². The Morgan fingerprint density at radius 2 is 2.43 bits per heavy atom. The van der Waals surface area contributed by atoms with Crippen molar-refractivity contribution >= 4 is 17.3 Å². The number of carboxylic acid groups (broad SMARTS) is 1. The average Bonchev–Trinajstić information content (AvgIpc) is 2.49. The number of nitrogens with two attached hydrogens (primary N) is 1. The van der Waals surface area contributed by atoms with Crippen LogP contribution < -0.4 is 11.1 Å². The summed E-state index contributed by atoms with van der Waals surface area (Å²) in [6.45, 7) is 0.663. The van der Waals surface area contributed by atoms with Crippen LogP contribution in [0, 0.1) is 0 Å². The summed E-state index contributed by atoms with van der Waals surface area (Å²) in [6, 6.07) is 5.60. The lowest BCUT2D eigenvalue weighted by molar-refractivity contribution is -0.137. The van der Waals surface area contributed by atoms with Crippen LogP contribution in [0.3, 0.4) is 0 Å². The van der Waals surface area contributed by atoms with Gasteiger partial charge in [-0.3, -0.25) is 4.79 Å². The monoisotopic (exact) mass is 192 g/mol. The van der Waals surface area contributed by atoms with Gasteiger partial charge in [0.15, 0.2) is 0 Å². The van der Waals surface area contributed by atoms with Gasteiger partial charge in [-0.15, -0.1) is 0 Å². The fraction of sp³-hybridized carbons (Fsp3) is 0.300. The predicted molar refractivity (Wildman–Crippen MR) is 54.3 cm³/mol. The Morgan fingerprint density at radius 1 is 1.64 bits per heavy atom. The topological polar surface area (TPSA) is 75.4 Å². The Labute approximate surface area is 81.7 Å². The highest BCUT2D eigenvalue weighted by atomic mass is 16.4. The van der Waals surface area contributed by atoms with Crippen molar-refractivity contribution in [3.63, 3.8) is 0 Å². The van der Waals surface area contributed by atoms with Gasteiger partial charge in [0, 0.05) is 29.4 Å². The molecule has 14 heavy (non-hydrogen) atoms. The molecule has 0 fully saturated rings. The molecule has 1 heterocycles. The average molecular weight is 192 g/mol. The van der Waals surface area contributed by atoms with Crippen LogP contribution in [-0.2, 0) is 4.79 Å². The number of rotatable bonds is 2. The molecule has 0 radical (unpaired) electrons. The van der Waals surface area contributed by atoms with E-state index < -0.39 is 5.97 Å². The van der Waals surface area contributed by atoms with Crippen molar-refractivity contribution < 1.29 is 9.90 Å². The van der Waals surface area contributed by atoms with E-state index in [0.29, 0.717) is 12.2 Å². The molecular weight excluding hydrogens is 180 g/mol. The van der Waals surface area contributed by atoms with E-state index in [9.17, 15) is 4.79 Å². The number of anilines is 2. The molecule has 1 aliphatic heterocycles. The summed E-state index contributed by atoms with van der Waals surface area (Å²) in [4.78, 5) is 10.6. The summed E-state index contributed by atoms with van der Waals surface area (Å²) in [5, 5.41) is 11.9. The molecule has 0 saturated heterocycles. The molecule has 0 aromatic heterocycles. The number of benzene rings is 1. The second kappa shape index (κ2) is 3.21. The van der Waals surface area contributed by atoms with Crippen LogP contribution in [0.1, 0.15) is 17.9 Å². The number of hydrogen-bond acceptors (Lipinski definition) is 3. The maximum atomic E-state index is 10.6. The molecule has 4 nitrogen and oxygen atoms in total. The van der Waals surface area contributed by atoms with Gasteiger partial charge < -0.3 is 16.2 Å². The van der Waals surface area contributed by atoms with E-state index >= 15 is 0 Å². The Morgan fingerprint density at radius 3 is 3.14 bits per heavy atom. The van der Waals surface area contributed by atoms with Crippen LogP contribution >= 0.6 is 0 Å². The molecule has 4 N–H and O–H groups in total. The first kappa shape index (κ1) is 8.87. The molecule has 2 rings (SSSR count). The number of nitrogen functional groups attached to an aromatic ring is 1. The van der Waals surface area contributed by atoms with Gasteiger partial charge in [0.1, 0.15) is 0 Å². The van der Waals surface area contributed by atoms with Crippen LogP contribution in [0.15, 0.2) is 18.2 Å². The van der Waals surface area contributed by atoms with E-state index in [1.807, 2.05) is 12.1 Å². The highest BCUT2D eigenvalue weighted by Gasteiger charge is 2.25. The maximum Gasteiger partial charge on any atom is 0.304 e. The molecule has 0 saturated carbocycles. The van der Waals surface area contributed by atoms with Crippen molar-refractivity contribution in [3.8, 4) is 0 Å². The minimum Gasteiger partial charge on any atom is -0.481 e. The third-order valence-electron chi connectivity index (χ3n) is 2.51. The summed E-state index contributed by atoms with van der Waals surface area (Å²) in [5.41, 5.74) is 8.41. The van der Waals surface area contributed by atoms with Gasteiger partial charge in [0.05, 0.1) is 6.42 Å². The van der Waals surface area contributed by atoms with Crippen molar-refractivity contribution in [2.75, 3.05) is 17.6 Å². The molecule has 1 aliphatic rings. The highest BCUT2D eigenvalue weighted by molar-refractivity contribution is 5.74. The lowest BCUT2D eigenvalue weighted by Gasteiger charge is -2.08. The minimum absolute atomic E-state index is 0.00343. The molecule has 0 aliphatic carbocycles. The van der Waals surface area contributed by atoms with Gasteiger partial charge in [0.25, 0.3) is 0 Å². The molecule has 4 heteroatoms. The number of fused-ring (bicyclic) bond motifs is 1. The van der Waals surface area contributed by atoms with Crippen molar-refractivity contribution in [1.29, 1.82) is 0 Å². The van der Waals surface area contributed by atoms with Gasteiger partial charge in [-0.1, -0.05) is 6.07 Å². The zero-order valence-corrected chi connectivity index (χ0v) is 7.66. The van der Waals surface area contributed by atoms with Gasteiger partial charge in [-0.2, -0.15) is 0 Å². The van der Waals surface area contributed by atoms with E-state index in [0.717, 1.165) is 11.3 Å². The molecule has 1 aromatic carbocycles. The largest absolute Gasteiger partial charge is 0.481 e. The third kappa shape index (κ3) is 1.39. The smallest absolute Gasteiger partial charge is 0.304 e. The Hall–Kier alpha value is -1.71. The standard InChI is InChI=1S/C10H12N2O2/c11-7-2-1-3-8-10(7)6(5-12-8)4-9(13)14/h1-3,6,12H,4-5,11H2,(H,13,14). The van der Waals surface area contributed by atoms with E-state index in [2.05, 4.69) is 5.32 Å². The second-order valence-electron chi connectivity index (χ2n) is 3.48. The molecule has 1 unspecified atom stereocenters. The summed E-state index contributed by atoms with van der Waals surface area (Å²) >= 11 is 0. The lowest BCUT2D eigenvalue weighted by atomic mass is 9.96. The summed E-state index contributed by atoms with van der Waals surface area (Å²) < 4.78 is 0. The lowest BCUT2D eigenvalue weighted by Crippen LogP contribution is -2.09. The van der Waals surface area contributed by atoms with Crippen molar-refractivity contribution in [2.45, 2.75) is 12.3 Å². The normalized spacial score (nSPS) is 18.7. The first-order valence-electron chi connectivity index (χ1n) is 4.52. The van der Waals surface area contributed by atoms with E-state index in [4.69, 9.17) is 10.8 Å². The van der Waals surface area contributed by atoms with Gasteiger partial charge in [-0.05, 0) is 12.1 Å². The minimum atomic E-state index is -0.784. The van der Waals surface area contributed by atoms with Gasteiger partial charge in [0.2, 0.25) is 0 Å². The van der Waals surface area contributed by atoms with Crippen LogP contribution in [0.4, 0.5) is 11.4 Å². The second-order valence-corrected chi connectivity index (χ2v) is 3.48. The number of aliphatic carboxylic acids is 1. The quantitative estimate of drug-likeness (QED) is 0.616. The summed E-state index contributed by atoms with van der Waals surface area (Å²) in [7, 11) is 0. The SMILES string of the molecule is Nc1cccc2c1C(CC(=O)O)CN2. The van der Waals surface area contributed by atoms with Crippen molar-refractivity contribution in [3.05, 3.63) is 23.8 Å². The van der Waals surface area contributed by atoms with E-state index in [1.165, 1.54) is 0 Å². The Kier molecular flexibility index (Phi) is 2.04. The zero-order chi connectivity index (χ0) is 10.1. The molecule has 1 atom stereocenters. The molecule has 1 aromatic rings. The molecule has 74 valence electrons. The molecule has 0 bridgehead atoms. The number of carboxylic acids is 1. The first-order valence-corrected chi connectivity index (χ1v) is 4.52. The summed E-state index contributed by atoms with van der Waals surface area (Å²) in [5.74, 6) is -0.781. The fourth-order valence-corrected chi connectivity index (χ4v) is 1.91.